The summed E-state index contributed by atoms with van der Waals surface area (Å²) in [5.74, 6) is 0. The Bertz CT molecular complexity index is 448. The maximum atomic E-state index is 13.0. The van der Waals surface area contributed by atoms with Gasteiger partial charge in [0, 0.05) is 4.47 Å². The molecular weight excluding hydrogens is 271 g/mol. The van der Waals surface area contributed by atoms with Gasteiger partial charge in [0.25, 0.3) is 0 Å². The number of halogens is 2. The largest absolute Gasteiger partial charge is 0.312 e. The van der Waals surface area contributed by atoms with Crippen LogP contribution < -0.4 is 0 Å². The highest BCUT2D eigenvalue weighted by atomic mass is 79.9. The van der Waals surface area contributed by atoms with Gasteiger partial charge in [-0.1, -0.05) is 28.1 Å². The minimum atomic E-state index is -4.47. The number of hydrogen-bond acceptors (Lipinski definition) is 2. The van der Waals surface area contributed by atoms with Gasteiger partial charge in [-0.05, 0) is 30.5 Å². The molecule has 0 amide bonds. The quantitative estimate of drug-likeness (QED) is 0.780. The molecule has 5 heteroatoms. The third kappa shape index (κ3) is 1.48. The van der Waals surface area contributed by atoms with Gasteiger partial charge in [0.1, 0.15) is 4.75 Å². The van der Waals surface area contributed by atoms with E-state index in [2.05, 4.69) is 15.9 Å². The second-order valence-corrected chi connectivity index (χ2v) is 6.01. The van der Waals surface area contributed by atoms with E-state index in [4.69, 9.17) is 0 Å². The van der Waals surface area contributed by atoms with Crippen molar-refractivity contribution in [2.75, 3.05) is 0 Å². The first-order valence-corrected chi connectivity index (χ1v) is 6.34. The Morgan fingerprint density at radius 3 is 2.07 bits per heavy atom. The third-order valence-corrected chi connectivity index (χ3v) is 4.65. The Balaban J connectivity index is 2.46. The van der Waals surface area contributed by atoms with E-state index >= 15 is 0 Å². The molecule has 0 spiro atoms. The lowest BCUT2D eigenvalue weighted by Gasteiger charge is -2.09. The molecule has 1 aliphatic carbocycles. The Morgan fingerprint density at radius 1 is 1.21 bits per heavy atom. The molecule has 0 heterocycles. The summed E-state index contributed by atoms with van der Waals surface area (Å²) in [6, 6.07) is 6.74. The van der Waals surface area contributed by atoms with E-state index in [0.29, 0.717) is 18.4 Å². The van der Waals surface area contributed by atoms with Crippen LogP contribution in [0.1, 0.15) is 18.4 Å². The van der Waals surface area contributed by atoms with Crippen LogP contribution in [0.4, 0.5) is 3.89 Å². The molecule has 1 saturated carbocycles. The minimum Gasteiger partial charge on any atom is -0.194 e. The Morgan fingerprint density at radius 2 is 1.71 bits per heavy atom. The molecule has 1 aromatic rings. The summed E-state index contributed by atoms with van der Waals surface area (Å²) in [6.07, 6.45) is 0.765. The summed E-state index contributed by atoms with van der Waals surface area (Å²) in [5.41, 5.74) is 0.545. The lowest BCUT2D eigenvalue weighted by Crippen LogP contribution is -2.15. The zero-order valence-corrected chi connectivity index (χ0v) is 9.61. The molecular formula is C9H8BrFO2S. The van der Waals surface area contributed by atoms with Gasteiger partial charge in [0.05, 0.1) is 0 Å². The maximum Gasteiger partial charge on any atom is 0.312 e. The molecule has 2 nitrogen and oxygen atoms in total. The van der Waals surface area contributed by atoms with Crippen LogP contribution >= 0.6 is 15.9 Å². The average Bonchev–Trinajstić information content (AvgIpc) is 2.84. The van der Waals surface area contributed by atoms with Gasteiger partial charge in [-0.2, -0.15) is 8.42 Å². The first-order valence-electron chi connectivity index (χ1n) is 4.16. The Hall–Kier alpha value is -0.420. The average molecular weight is 279 g/mol. The summed E-state index contributed by atoms with van der Waals surface area (Å²) in [4.78, 5) is 0. The van der Waals surface area contributed by atoms with Crippen LogP contribution in [0.2, 0.25) is 0 Å². The molecule has 14 heavy (non-hydrogen) atoms. The fourth-order valence-electron chi connectivity index (χ4n) is 1.54. The predicted molar refractivity (Wildman–Crippen MR) is 55.1 cm³/mol. The number of hydrogen-bond donors (Lipinski definition) is 0. The van der Waals surface area contributed by atoms with Crippen molar-refractivity contribution >= 4 is 26.2 Å². The molecule has 0 unspecified atom stereocenters. The maximum absolute atomic E-state index is 13.0. The minimum absolute atomic E-state index is 0.382. The molecule has 0 atom stereocenters. The topological polar surface area (TPSA) is 34.1 Å². The van der Waals surface area contributed by atoms with Crippen molar-refractivity contribution in [1.29, 1.82) is 0 Å². The van der Waals surface area contributed by atoms with E-state index in [-0.39, 0.29) is 0 Å². The zero-order chi connectivity index (χ0) is 10.4. The van der Waals surface area contributed by atoms with Crippen LogP contribution in [0.15, 0.2) is 28.7 Å². The van der Waals surface area contributed by atoms with E-state index in [1.165, 1.54) is 0 Å². The number of rotatable bonds is 2. The smallest absolute Gasteiger partial charge is 0.194 e. The molecule has 1 aromatic carbocycles. The van der Waals surface area contributed by atoms with E-state index in [9.17, 15) is 12.3 Å². The van der Waals surface area contributed by atoms with Gasteiger partial charge >= 0.3 is 10.2 Å². The van der Waals surface area contributed by atoms with E-state index in [1.807, 2.05) is 0 Å². The predicted octanol–water partition coefficient (Wildman–Crippen LogP) is 2.74. The van der Waals surface area contributed by atoms with Crippen LogP contribution in [0.25, 0.3) is 0 Å². The molecule has 1 aliphatic rings. The summed E-state index contributed by atoms with van der Waals surface area (Å²) >= 11 is 3.24. The van der Waals surface area contributed by atoms with Crippen LogP contribution in [0.3, 0.4) is 0 Å². The van der Waals surface area contributed by atoms with Crippen molar-refractivity contribution in [3.05, 3.63) is 34.3 Å². The van der Waals surface area contributed by atoms with Gasteiger partial charge in [-0.15, -0.1) is 3.89 Å². The first kappa shape index (κ1) is 10.1. The monoisotopic (exact) mass is 278 g/mol. The third-order valence-electron chi connectivity index (χ3n) is 2.54. The molecule has 76 valence electrons. The van der Waals surface area contributed by atoms with Crippen molar-refractivity contribution in [3.63, 3.8) is 0 Å². The fourth-order valence-corrected chi connectivity index (χ4v) is 2.81. The molecule has 0 saturated heterocycles. The highest BCUT2D eigenvalue weighted by Gasteiger charge is 2.56. The summed E-state index contributed by atoms with van der Waals surface area (Å²) in [5, 5.41) is 0. The Kier molecular flexibility index (Phi) is 2.19. The van der Waals surface area contributed by atoms with Crippen LogP contribution in [-0.4, -0.2) is 8.42 Å². The second-order valence-electron chi connectivity index (χ2n) is 3.44. The lowest BCUT2D eigenvalue weighted by molar-refractivity contribution is 0.533. The fraction of sp³-hybridized carbons (Fsp3) is 0.333. The summed E-state index contributed by atoms with van der Waals surface area (Å²) < 4.78 is 34.4. The second kappa shape index (κ2) is 3.03. The van der Waals surface area contributed by atoms with Crippen LogP contribution in [0, 0.1) is 0 Å². The van der Waals surface area contributed by atoms with E-state index in [0.717, 1.165) is 4.47 Å². The van der Waals surface area contributed by atoms with E-state index < -0.39 is 15.0 Å². The highest BCUT2D eigenvalue weighted by molar-refractivity contribution is 9.10. The van der Waals surface area contributed by atoms with E-state index in [1.54, 1.807) is 24.3 Å². The van der Waals surface area contributed by atoms with Crippen molar-refractivity contribution in [1.82, 2.24) is 0 Å². The van der Waals surface area contributed by atoms with Gasteiger partial charge < -0.3 is 0 Å². The van der Waals surface area contributed by atoms with Crippen molar-refractivity contribution in [2.45, 2.75) is 17.6 Å². The number of benzene rings is 1. The molecule has 0 N–H and O–H groups in total. The molecule has 0 aromatic heterocycles. The normalized spacial score (nSPS) is 19.3. The van der Waals surface area contributed by atoms with Gasteiger partial charge in [0.15, 0.2) is 0 Å². The van der Waals surface area contributed by atoms with Crippen LogP contribution in [0.5, 0.6) is 0 Å². The van der Waals surface area contributed by atoms with Crippen molar-refractivity contribution in [2.24, 2.45) is 0 Å². The lowest BCUT2D eigenvalue weighted by atomic mass is 10.1. The van der Waals surface area contributed by atoms with Gasteiger partial charge in [-0.25, -0.2) is 0 Å². The SMILES string of the molecule is O=S(=O)(F)C1(c2ccc(Br)cc2)CC1. The Labute approximate surface area is 90.5 Å². The van der Waals surface area contributed by atoms with Crippen molar-refractivity contribution < 1.29 is 12.3 Å². The van der Waals surface area contributed by atoms with Gasteiger partial charge in [0.2, 0.25) is 0 Å². The molecule has 0 radical (unpaired) electrons. The standard InChI is InChI=1S/C9H8BrFO2S/c10-8-3-1-7(2-4-8)9(5-6-9)14(11,12)13/h1-4H,5-6H2. The highest BCUT2D eigenvalue weighted by Crippen LogP contribution is 2.53. The zero-order valence-electron chi connectivity index (χ0n) is 7.20. The van der Waals surface area contributed by atoms with Gasteiger partial charge in [-0.3, -0.25) is 0 Å². The molecule has 0 aliphatic heterocycles. The van der Waals surface area contributed by atoms with Crippen LogP contribution in [-0.2, 0) is 15.0 Å². The molecule has 0 bridgehead atoms. The molecule has 1 fully saturated rings. The van der Waals surface area contributed by atoms with Crippen molar-refractivity contribution in [3.8, 4) is 0 Å². The summed E-state index contributed by atoms with van der Waals surface area (Å²) in [7, 11) is -4.47. The summed E-state index contributed by atoms with van der Waals surface area (Å²) in [6.45, 7) is 0. The molecule has 2 rings (SSSR count). The first-order chi connectivity index (χ1) is 6.46.